The second kappa shape index (κ2) is 12.0. The van der Waals surface area contributed by atoms with Crippen molar-refractivity contribution in [1.29, 1.82) is 0 Å². The van der Waals surface area contributed by atoms with Gasteiger partial charge >= 0.3 is 0 Å². The normalized spacial score (nSPS) is 17.5. The number of aryl methyl sites for hydroxylation is 2. The molecule has 6 nitrogen and oxygen atoms in total. The molecule has 3 heterocycles. The Morgan fingerprint density at radius 2 is 1.88 bits per heavy atom. The maximum atomic E-state index is 6.00. The first-order valence-corrected chi connectivity index (χ1v) is 16.8. The number of halogens is 1. The first kappa shape index (κ1) is 26.4. The number of imidazole rings is 1. The van der Waals surface area contributed by atoms with E-state index >= 15 is 0 Å². The lowest BCUT2D eigenvalue weighted by Gasteiger charge is -2.32. The fourth-order valence-corrected chi connectivity index (χ4v) is 5.72. The van der Waals surface area contributed by atoms with Crippen LogP contribution in [0.4, 0.5) is 0 Å². The van der Waals surface area contributed by atoms with Crippen LogP contribution in [0.5, 0.6) is 6.01 Å². The van der Waals surface area contributed by atoms with Crippen LogP contribution < -0.4 is 4.74 Å². The number of piperidine rings is 1. The van der Waals surface area contributed by atoms with Crippen LogP contribution in [0, 0.1) is 19.8 Å². The Labute approximate surface area is 209 Å². The van der Waals surface area contributed by atoms with Gasteiger partial charge in [0.1, 0.15) is 11.3 Å². The Balaban J connectivity index is 1.62. The molecule has 0 aliphatic carbocycles. The van der Waals surface area contributed by atoms with Gasteiger partial charge < -0.3 is 9.47 Å². The summed E-state index contributed by atoms with van der Waals surface area (Å²) in [6.45, 7) is 18.2. The zero-order valence-corrected chi connectivity index (χ0v) is 23.9. The predicted octanol–water partition coefficient (Wildman–Crippen LogP) is 5.82. The zero-order valence-electron chi connectivity index (χ0n) is 21.3. The van der Waals surface area contributed by atoms with Crippen LogP contribution in [0.25, 0.3) is 0 Å². The third kappa shape index (κ3) is 8.19. The number of aromatic nitrogens is 3. The second-order valence-electron chi connectivity index (χ2n) is 10.5. The molecular weight excluding hydrogens is 496 g/mol. The molecule has 1 saturated heterocycles. The molecule has 0 aromatic carbocycles. The van der Waals surface area contributed by atoms with E-state index in [0.717, 1.165) is 60.4 Å². The summed E-state index contributed by atoms with van der Waals surface area (Å²) < 4.78 is 14.8. The summed E-state index contributed by atoms with van der Waals surface area (Å²) in [5.41, 5.74) is 4.67. The van der Waals surface area contributed by atoms with Gasteiger partial charge in [-0.3, -0.25) is 14.5 Å². The number of ether oxygens (including phenoxy) is 2. The molecule has 1 atom stereocenters. The zero-order chi connectivity index (χ0) is 24.0. The molecular formula is C25H41BrN4O2Si. The van der Waals surface area contributed by atoms with E-state index in [1.54, 1.807) is 0 Å². The van der Waals surface area contributed by atoms with Gasteiger partial charge in [-0.2, -0.15) is 4.98 Å². The lowest BCUT2D eigenvalue weighted by Crippen LogP contribution is -2.36. The van der Waals surface area contributed by atoms with E-state index in [-0.39, 0.29) is 0 Å². The van der Waals surface area contributed by atoms with Crippen molar-refractivity contribution in [3.8, 4) is 6.01 Å². The number of hydrogen-bond donors (Lipinski definition) is 0. The third-order valence-corrected chi connectivity index (χ3v) is 8.66. The number of likely N-dealkylation sites (tertiary alicyclic amines) is 1. The first-order valence-electron chi connectivity index (χ1n) is 12.3. The molecule has 0 amide bonds. The molecule has 0 unspecified atom stereocenters. The van der Waals surface area contributed by atoms with Crippen molar-refractivity contribution in [2.75, 3.05) is 26.3 Å². The van der Waals surface area contributed by atoms with Crippen molar-refractivity contribution < 1.29 is 9.47 Å². The summed E-state index contributed by atoms with van der Waals surface area (Å²) in [4.78, 5) is 11.9. The minimum Gasteiger partial charge on any atom is -0.465 e. The lowest BCUT2D eigenvalue weighted by atomic mass is 9.91. The van der Waals surface area contributed by atoms with Crippen molar-refractivity contribution >= 4 is 24.0 Å². The Hall–Kier alpha value is -1.22. The fourth-order valence-electron chi connectivity index (χ4n) is 4.49. The van der Waals surface area contributed by atoms with Crippen LogP contribution in [0.3, 0.4) is 0 Å². The summed E-state index contributed by atoms with van der Waals surface area (Å²) in [5, 5.41) is 0. The Kier molecular flexibility index (Phi) is 9.56. The highest BCUT2D eigenvalue weighted by Gasteiger charge is 2.24. The van der Waals surface area contributed by atoms with Crippen LogP contribution in [0.2, 0.25) is 25.7 Å². The van der Waals surface area contributed by atoms with Gasteiger partial charge in [-0.1, -0.05) is 19.6 Å². The van der Waals surface area contributed by atoms with E-state index in [0.29, 0.717) is 25.3 Å². The van der Waals surface area contributed by atoms with Crippen LogP contribution in [-0.2, 0) is 24.4 Å². The lowest BCUT2D eigenvalue weighted by molar-refractivity contribution is 0.0777. The SMILES string of the molecule is CCOc1nc(CN2CCC[C@H](Cc3cc(C)nc(C)c3)C2)c(Br)n1COCC[Si](C)(C)C. The molecule has 33 heavy (non-hydrogen) atoms. The summed E-state index contributed by atoms with van der Waals surface area (Å²) >= 11 is 3.79. The quantitative estimate of drug-likeness (QED) is 0.267. The predicted molar refractivity (Wildman–Crippen MR) is 141 cm³/mol. The highest BCUT2D eigenvalue weighted by atomic mass is 79.9. The smallest absolute Gasteiger partial charge is 0.299 e. The van der Waals surface area contributed by atoms with Gasteiger partial charge in [0, 0.05) is 39.2 Å². The van der Waals surface area contributed by atoms with Crippen LogP contribution in [0.15, 0.2) is 16.7 Å². The monoisotopic (exact) mass is 536 g/mol. The van der Waals surface area contributed by atoms with Crippen molar-refractivity contribution in [3.05, 3.63) is 39.4 Å². The largest absolute Gasteiger partial charge is 0.465 e. The van der Waals surface area contributed by atoms with Crippen molar-refractivity contribution in [1.82, 2.24) is 19.4 Å². The molecule has 3 rings (SSSR count). The topological polar surface area (TPSA) is 52.4 Å². The van der Waals surface area contributed by atoms with Gasteiger partial charge in [0.2, 0.25) is 0 Å². The molecule has 0 N–H and O–H groups in total. The van der Waals surface area contributed by atoms with Crippen LogP contribution >= 0.6 is 15.9 Å². The van der Waals surface area contributed by atoms with Gasteiger partial charge in [0.15, 0.2) is 0 Å². The first-order chi connectivity index (χ1) is 15.6. The van der Waals surface area contributed by atoms with E-state index in [2.05, 4.69) is 71.4 Å². The molecule has 0 saturated carbocycles. The Morgan fingerprint density at radius 3 is 2.55 bits per heavy atom. The molecule has 1 aliphatic rings. The van der Waals surface area contributed by atoms with Crippen molar-refractivity contribution in [2.45, 2.75) is 79.0 Å². The maximum Gasteiger partial charge on any atom is 0.299 e. The Bertz CT molecular complexity index is 892. The maximum absolute atomic E-state index is 6.00. The second-order valence-corrected chi connectivity index (χ2v) is 16.9. The number of rotatable bonds is 11. The average Bonchev–Trinajstić information content (AvgIpc) is 2.99. The van der Waals surface area contributed by atoms with Gasteiger partial charge in [-0.25, -0.2) is 0 Å². The highest BCUT2D eigenvalue weighted by molar-refractivity contribution is 9.10. The summed E-state index contributed by atoms with van der Waals surface area (Å²) in [5.74, 6) is 0.664. The van der Waals surface area contributed by atoms with Crippen molar-refractivity contribution in [2.24, 2.45) is 5.92 Å². The van der Waals surface area contributed by atoms with E-state index in [4.69, 9.17) is 14.5 Å². The third-order valence-electron chi connectivity index (χ3n) is 6.07. The standard InChI is InChI=1S/C25H41BrN4O2Si/c1-7-32-25-28-23(24(26)30(25)18-31-11-12-33(4,5)6)17-29-10-8-9-21(16-29)15-22-13-19(2)27-20(3)14-22/h13-14,21H,7-12,15-18H2,1-6H3/t21-/m1/s1. The van der Waals surface area contributed by atoms with Gasteiger partial charge in [-0.15, -0.1) is 0 Å². The van der Waals surface area contributed by atoms with Crippen LogP contribution in [0.1, 0.15) is 42.4 Å². The number of nitrogens with zero attached hydrogens (tertiary/aromatic N) is 4. The summed E-state index contributed by atoms with van der Waals surface area (Å²) in [6.07, 6.45) is 3.62. The molecule has 0 spiro atoms. The molecule has 0 radical (unpaired) electrons. The van der Waals surface area contributed by atoms with Gasteiger partial charge in [-0.05, 0) is 92.2 Å². The van der Waals surface area contributed by atoms with Gasteiger partial charge in [0.05, 0.1) is 12.3 Å². The van der Waals surface area contributed by atoms with E-state index < -0.39 is 8.07 Å². The number of pyridine rings is 1. The molecule has 0 bridgehead atoms. The highest BCUT2D eigenvalue weighted by Crippen LogP contribution is 2.28. The molecule has 2 aromatic heterocycles. The summed E-state index contributed by atoms with van der Waals surface area (Å²) in [7, 11) is -1.11. The van der Waals surface area contributed by atoms with E-state index in [9.17, 15) is 0 Å². The Morgan fingerprint density at radius 1 is 1.15 bits per heavy atom. The van der Waals surface area contributed by atoms with E-state index in [1.807, 2.05) is 11.5 Å². The molecule has 2 aromatic rings. The van der Waals surface area contributed by atoms with E-state index in [1.165, 1.54) is 18.4 Å². The summed E-state index contributed by atoms with van der Waals surface area (Å²) in [6, 6.07) is 6.27. The molecule has 8 heteroatoms. The molecule has 1 aliphatic heterocycles. The van der Waals surface area contributed by atoms with Crippen LogP contribution in [-0.4, -0.2) is 53.8 Å². The number of hydrogen-bond acceptors (Lipinski definition) is 5. The van der Waals surface area contributed by atoms with Gasteiger partial charge in [0.25, 0.3) is 6.01 Å². The minimum atomic E-state index is -1.11. The van der Waals surface area contributed by atoms with Crippen molar-refractivity contribution in [3.63, 3.8) is 0 Å². The molecule has 1 fully saturated rings. The molecule has 184 valence electrons. The average molecular weight is 538 g/mol. The minimum absolute atomic E-state index is 0.469. The fraction of sp³-hybridized carbons (Fsp3) is 0.680.